The normalized spacial score (nSPS) is 12.7. The second kappa shape index (κ2) is 7.60. The van der Waals surface area contributed by atoms with Crippen molar-refractivity contribution in [2.45, 2.75) is 30.6 Å². The second-order valence-electron chi connectivity index (χ2n) is 5.37. The highest BCUT2D eigenvalue weighted by molar-refractivity contribution is 7.91. The predicted octanol–water partition coefficient (Wildman–Crippen LogP) is 3.40. The summed E-state index contributed by atoms with van der Waals surface area (Å²) in [5.41, 5.74) is 0.728. The lowest BCUT2D eigenvalue weighted by molar-refractivity contribution is -0.122. The number of halogens is 2. The molecule has 0 unspecified atom stereocenters. The van der Waals surface area contributed by atoms with Crippen molar-refractivity contribution < 1.29 is 26.7 Å². The number of hydrogen-bond acceptors (Lipinski definition) is 4. The number of para-hydroxylation sites is 1. The monoisotopic (exact) mass is 369 g/mol. The lowest BCUT2D eigenvalue weighted by Crippen LogP contribution is -2.31. The summed E-state index contributed by atoms with van der Waals surface area (Å²) in [5, 5.41) is 2.33. The molecule has 0 radical (unpaired) electrons. The standard InChI is InChI=1S/C17H17F2NO4S/c1-11-6-5-7-13(10-11)24-12(2)16(21)20-14-8-3-4-9-15(14)25(22,23)17(18)19/h3-10,12,17H,1-2H3,(H,20,21)/t12-/m0/s1. The first kappa shape index (κ1) is 18.9. The van der Waals surface area contributed by atoms with E-state index in [2.05, 4.69) is 5.32 Å². The van der Waals surface area contributed by atoms with Gasteiger partial charge in [-0.3, -0.25) is 4.79 Å². The molecule has 0 aromatic heterocycles. The van der Waals surface area contributed by atoms with Gasteiger partial charge >= 0.3 is 5.76 Å². The first-order valence-electron chi connectivity index (χ1n) is 7.37. The first-order valence-corrected chi connectivity index (χ1v) is 8.91. The Bertz CT molecular complexity index is 868. The highest BCUT2D eigenvalue weighted by Crippen LogP contribution is 2.26. The zero-order valence-corrected chi connectivity index (χ0v) is 14.4. The lowest BCUT2D eigenvalue weighted by atomic mass is 10.2. The molecule has 0 spiro atoms. The van der Waals surface area contributed by atoms with Gasteiger partial charge in [-0.2, -0.15) is 8.78 Å². The smallest absolute Gasteiger partial charge is 0.341 e. The van der Waals surface area contributed by atoms with Crippen LogP contribution in [0.3, 0.4) is 0 Å². The van der Waals surface area contributed by atoms with E-state index < -0.39 is 32.5 Å². The molecule has 1 atom stereocenters. The largest absolute Gasteiger partial charge is 0.481 e. The van der Waals surface area contributed by atoms with Gasteiger partial charge in [0.2, 0.25) is 9.84 Å². The Hall–Kier alpha value is -2.48. The third kappa shape index (κ3) is 4.54. The van der Waals surface area contributed by atoms with Crippen LogP contribution in [0.25, 0.3) is 0 Å². The summed E-state index contributed by atoms with van der Waals surface area (Å²) in [6.45, 7) is 3.34. The molecule has 2 aromatic rings. The number of benzene rings is 2. The fourth-order valence-corrected chi connectivity index (χ4v) is 2.98. The Labute approximate surface area is 144 Å². The molecule has 0 heterocycles. The third-order valence-corrected chi connectivity index (χ3v) is 4.80. The predicted molar refractivity (Wildman–Crippen MR) is 89.5 cm³/mol. The Morgan fingerprint density at radius 1 is 1.12 bits per heavy atom. The van der Waals surface area contributed by atoms with Gasteiger partial charge in [-0.1, -0.05) is 24.3 Å². The zero-order chi connectivity index (χ0) is 18.6. The number of amides is 1. The molecule has 0 bridgehead atoms. The summed E-state index contributed by atoms with van der Waals surface area (Å²) >= 11 is 0. The van der Waals surface area contributed by atoms with Crippen LogP contribution in [-0.4, -0.2) is 26.2 Å². The van der Waals surface area contributed by atoms with Crippen molar-refractivity contribution in [3.05, 3.63) is 54.1 Å². The maximum absolute atomic E-state index is 12.8. The number of anilines is 1. The van der Waals surface area contributed by atoms with Gasteiger partial charge in [0.15, 0.2) is 6.10 Å². The van der Waals surface area contributed by atoms with Crippen molar-refractivity contribution >= 4 is 21.4 Å². The number of alkyl halides is 2. The van der Waals surface area contributed by atoms with Gasteiger partial charge in [0, 0.05) is 0 Å². The van der Waals surface area contributed by atoms with Crippen molar-refractivity contribution in [2.75, 3.05) is 5.32 Å². The van der Waals surface area contributed by atoms with E-state index in [0.29, 0.717) is 5.75 Å². The first-order chi connectivity index (χ1) is 11.7. The van der Waals surface area contributed by atoms with E-state index in [0.717, 1.165) is 11.6 Å². The fourth-order valence-electron chi connectivity index (χ4n) is 2.09. The van der Waals surface area contributed by atoms with Gasteiger partial charge in [-0.25, -0.2) is 8.42 Å². The van der Waals surface area contributed by atoms with Gasteiger partial charge in [0.1, 0.15) is 5.75 Å². The number of hydrogen-bond donors (Lipinski definition) is 1. The molecule has 5 nitrogen and oxygen atoms in total. The van der Waals surface area contributed by atoms with Crippen LogP contribution in [0.1, 0.15) is 12.5 Å². The molecule has 134 valence electrons. The number of sulfone groups is 1. The quantitative estimate of drug-likeness (QED) is 0.847. The molecule has 0 saturated carbocycles. The van der Waals surface area contributed by atoms with Crippen LogP contribution in [0.4, 0.5) is 14.5 Å². The summed E-state index contributed by atoms with van der Waals surface area (Å²) in [5.74, 6) is -3.76. The Balaban J connectivity index is 2.18. The molecular formula is C17H17F2NO4S. The van der Waals surface area contributed by atoms with Crippen molar-refractivity contribution in [1.82, 2.24) is 0 Å². The molecule has 0 saturated heterocycles. The molecule has 0 aliphatic carbocycles. The van der Waals surface area contributed by atoms with Gasteiger partial charge in [0.05, 0.1) is 10.6 Å². The number of ether oxygens (including phenoxy) is 1. The summed E-state index contributed by atoms with van der Waals surface area (Å²) in [4.78, 5) is 11.6. The van der Waals surface area contributed by atoms with Gasteiger partial charge in [-0.15, -0.1) is 0 Å². The number of carbonyl (C=O) groups excluding carboxylic acids is 1. The average molecular weight is 369 g/mol. The Morgan fingerprint density at radius 2 is 1.80 bits per heavy atom. The van der Waals surface area contributed by atoms with Crippen LogP contribution in [0.15, 0.2) is 53.4 Å². The molecule has 0 aliphatic heterocycles. The van der Waals surface area contributed by atoms with Crippen LogP contribution in [-0.2, 0) is 14.6 Å². The minimum Gasteiger partial charge on any atom is -0.481 e. The van der Waals surface area contributed by atoms with Crippen LogP contribution in [0.2, 0.25) is 0 Å². The van der Waals surface area contributed by atoms with Crippen LogP contribution >= 0.6 is 0 Å². The molecule has 0 fully saturated rings. The molecular weight excluding hydrogens is 352 g/mol. The van der Waals surface area contributed by atoms with Crippen LogP contribution in [0, 0.1) is 6.92 Å². The van der Waals surface area contributed by atoms with E-state index >= 15 is 0 Å². The van der Waals surface area contributed by atoms with Gasteiger partial charge in [-0.05, 0) is 43.7 Å². The second-order valence-corrected chi connectivity index (χ2v) is 7.25. The topological polar surface area (TPSA) is 72.5 Å². The molecule has 2 rings (SSSR count). The maximum Gasteiger partial charge on any atom is 0.341 e. The van der Waals surface area contributed by atoms with E-state index in [4.69, 9.17) is 4.74 Å². The molecule has 8 heteroatoms. The Kier molecular flexibility index (Phi) is 5.73. The fraction of sp³-hybridized carbons (Fsp3) is 0.235. The summed E-state index contributed by atoms with van der Waals surface area (Å²) < 4.78 is 54.4. The number of carbonyl (C=O) groups is 1. The summed E-state index contributed by atoms with van der Waals surface area (Å²) in [6.07, 6.45) is -0.955. The molecule has 1 amide bonds. The van der Waals surface area contributed by atoms with E-state index in [-0.39, 0.29) is 5.69 Å². The molecule has 1 N–H and O–H groups in total. The highest BCUT2D eigenvalue weighted by Gasteiger charge is 2.30. The number of aryl methyl sites for hydroxylation is 1. The highest BCUT2D eigenvalue weighted by atomic mass is 32.2. The maximum atomic E-state index is 12.8. The van der Waals surface area contributed by atoms with E-state index in [1.54, 1.807) is 18.2 Å². The van der Waals surface area contributed by atoms with Gasteiger partial charge < -0.3 is 10.1 Å². The van der Waals surface area contributed by atoms with Gasteiger partial charge in [0.25, 0.3) is 5.91 Å². The summed E-state index contributed by atoms with van der Waals surface area (Å²) in [6, 6.07) is 12.0. The zero-order valence-electron chi connectivity index (χ0n) is 13.6. The number of nitrogens with one attached hydrogen (secondary N) is 1. The van der Waals surface area contributed by atoms with Crippen molar-refractivity contribution in [3.8, 4) is 5.75 Å². The van der Waals surface area contributed by atoms with E-state index in [1.165, 1.54) is 25.1 Å². The number of rotatable bonds is 6. The van der Waals surface area contributed by atoms with Crippen molar-refractivity contribution in [2.24, 2.45) is 0 Å². The minimum atomic E-state index is -4.83. The third-order valence-electron chi connectivity index (χ3n) is 3.36. The average Bonchev–Trinajstić information content (AvgIpc) is 2.55. The van der Waals surface area contributed by atoms with Crippen molar-refractivity contribution in [3.63, 3.8) is 0 Å². The Morgan fingerprint density at radius 3 is 2.44 bits per heavy atom. The SMILES string of the molecule is Cc1cccc(O[C@@H](C)C(=O)Nc2ccccc2S(=O)(=O)C(F)F)c1. The van der Waals surface area contributed by atoms with E-state index in [1.807, 2.05) is 13.0 Å². The van der Waals surface area contributed by atoms with Crippen molar-refractivity contribution in [1.29, 1.82) is 0 Å². The summed E-state index contributed by atoms with van der Waals surface area (Å²) in [7, 11) is -4.83. The van der Waals surface area contributed by atoms with E-state index in [9.17, 15) is 22.0 Å². The minimum absolute atomic E-state index is 0.215. The van der Waals surface area contributed by atoms with Crippen LogP contribution in [0.5, 0.6) is 5.75 Å². The molecule has 25 heavy (non-hydrogen) atoms. The lowest BCUT2D eigenvalue weighted by Gasteiger charge is -2.16. The molecule has 2 aromatic carbocycles. The molecule has 0 aliphatic rings. The van der Waals surface area contributed by atoms with Crippen LogP contribution < -0.4 is 10.1 Å².